The fraction of sp³-hybridized carbons (Fsp3) is 0.381. The van der Waals surface area contributed by atoms with Crippen LogP contribution in [0.1, 0.15) is 28.9 Å². The molecule has 0 bridgehead atoms. The number of piperidine rings is 1. The maximum atomic E-state index is 13.0. The van der Waals surface area contributed by atoms with Crippen molar-refractivity contribution in [2.24, 2.45) is 5.92 Å². The number of rotatable bonds is 5. The zero-order chi connectivity index (χ0) is 19.5. The van der Waals surface area contributed by atoms with Crippen LogP contribution in [0.25, 0.3) is 10.9 Å². The highest BCUT2D eigenvalue weighted by Gasteiger charge is 2.27. The number of fused-ring (bicyclic) bond motifs is 1. The van der Waals surface area contributed by atoms with Gasteiger partial charge in [0.05, 0.1) is 5.52 Å². The molecule has 1 aromatic carbocycles. The van der Waals surface area contributed by atoms with Crippen molar-refractivity contribution >= 4 is 16.8 Å². The number of carbonyl (C=O) groups is 1. The third-order valence-electron chi connectivity index (χ3n) is 5.30. The van der Waals surface area contributed by atoms with Gasteiger partial charge in [-0.1, -0.05) is 6.07 Å². The Hall–Kier alpha value is -2.93. The second-order valence-corrected chi connectivity index (χ2v) is 7.62. The maximum Gasteiger partial charge on any atom is 0.275 e. The molecule has 3 aromatic rings. The zero-order valence-electron chi connectivity index (χ0n) is 16.0. The van der Waals surface area contributed by atoms with Crippen molar-refractivity contribution in [3.05, 3.63) is 54.0 Å². The smallest absolute Gasteiger partial charge is 0.275 e. The fourth-order valence-corrected chi connectivity index (χ4v) is 4.02. The molecule has 1 unspecified atom stereocenters. The molecule has 3 heterocycles. The lowest BCUT2D eigenvalue weighted by molar-refractivity contribution is 0.0642. The van der Waals surface area contributed by atoms with Gasteiger partial charge in [-0.05, 0) is 55.6 Å². The van der Waals surface area contributed by atoms with E-state index >= 15 is 0 Å². The van der Waals surface area contributed by atoms with Gasteiger partial charge in [0.15, 0.2) is 5.69 Å². The van der Waals surface area contributed by atoms with Crippen molar-refractivity contribution in [2.45, 2.75) is 19.4 Å². The molecule has 28 heavy (non-hydrogen) atoms. The minimum absolute atomic E-state index is 0.0727. The lowest BCUT2D eigenvalue weighted by Gasteiger charge is -2.34. The second kappa shape index (κ2) is 7.98. The Morgan fingerprint density at radius 3 is 3.11 bits per heavy atom. The van der Waals surface area contributed by atoms with Crippen LogP contribution in [0.15, 0.2) is 42.7 Å². The Kier molecular flexibility index (Phi) is 5.25. The number of amides is 1. The minimum Gasteiger partial charge on any atom is -0.508 e. The average Bonchev–Trinajstić information content (AvgIpc) is 3.11. The van der Waals surface area contributed by atoms with E-state index in [9.17, 15) is 9.90 Å². The number of pyridine rings is 1. The summed E-state index contributed by atoms with van der Waals surface area (Å²) in [6.07, 6.45) is 5.78. The largest absolute Gasteiger partial charge is 0.508 e. The molecule has 1 atom stereocenters. The topological polar surface area (TPSA) is 85.4 Å². The van der Waals surface area contributed by atoms with Crippen LogP contribution in [0.3, 0.4) is 0 Å². The molecule has 1 saturated heterocycles. The predicted molar refractivity (Wildman–Crippen MR) is 107 cm³/mol. The van der Waals surface area contributed by atoms with E-state index in [4.69, 9.17) is 0 Å². The van der Waals surface area contributed by atoms with E-state index in [0.717, 1.165) is 44.5 Å². The van der Waals surface area contributed by atoms with Crippen molar-refractivity contribution in [3.8, 4) is 5.75 Å². The first-order chi connectivity index (χ1) is 13.6. The van der Waals surface area contributed by atoms with Gasteiger partial charge in [-0.2, -0.15) is 5.10 Å². The number of nitrogens with zero attached hydrogens (tertiary/aromatic N) is 4. The molecule has 7 heteroatoms. The average molecular weight is 379 g/mol. The van der Waals surface area contributed by atoms with Gasteiger partial charge in [0.1, 0.15) is 5.75 Å². The summed E-state index contributed by atoms with van der Waals surface area (Å²) in [5, 5.41) is 17.5. The molecule has 1 aliphatic rings. The molecule has 1 amide bonds. The molecule has 2 N–H and O–H groups in total. The van der Waals surface area contributed by atoms with Gasteiger partial charge in [0, 0.05) is 44.0 Å². The number of likely N-dealkylation sites (tertiary alicyclic amines) is 1. The van der Waals surface area contributed by atoms with E-state index in [1.807, 2.05) is 17.2 Å². The van der Waals surface area contributed by atoms with E-state index in [1.54, 1.807) is 24.4 Å². The van der Waals surface area contributed by atoms with Crippen LogP contribution >= 0.6 is 0 Å². The van der Waals surface area contributed by atoms with Crippen LogP contribution in [0.2, 0.25) is 0 Å². The number of aromatic nitrogens is 3. The van der Waals surface area contributed by atoms with Gasteiger partial charge in [-0.15, -0.1) is 0 Å². The maximum absolute atomic E-state index is 13.0. The molecular formula is C21H25N5O2. The normalized spacial score (nSPS) is 17.4. The number of phenols is 1. The Balaban J connectivity index is 1.41. The zero-order valence-corrected chi connectivity index (χ0v) is 16.0. The summed E-state index contributed by atoms with van der Waals surface area (Å²) in [4.78, 5) is 21.4. The molecule has 0 radical (unpaired) electrons. The fourth-order valence-electron chi connectivity index (χ4n) is 4.02. The number of phenolic OH excluding ortho intramolecular Hbond substituents is 1. The van der Waals surface area contributed by atoms with Gasteiger partial charge in [0.2, 0.25) is 0 Å². The first-order valence-electron chi connectivity index (χ1n) is 9.64. The number of hydrogen-bond acceptors (Lipinski definition) is 5. The number of carbonyl (C=O) groups excluding carboxylic acids is 1. The van der Waals surface area contributed by atoms with E-state index in [1.165, 1.54) is 5.56 Å². The van der Waals surface area contributed by atoms with E-state index in [0.29, 0.717) is 17.0 Å². The number of benzene rings is 1. The van der Waals surface area contributed by atoms with Crippen LogP contribution in [-0.2, 0) is 6.54 Å². The van der Waals surface area contributed by atoms with Crippen LogP contribution < -0.4 is 0 Å². The van der Waals surface area contributed by atoms with Crippen LogP contribution in [-0.4, -0.2) is 62.7 Å². The van der Waals surface area contributed by atoms with Crippen molar-refractivity contribution in [3.63, 3.8) is 0 Å². The van der Waals surface area contributed by atoms with Crippen molar-refractivity contribution in [2.75, 3.05) is 26.7 Å². The molecule has 4 rings (SSSR count). The second-order valence-electron chi connectivity index (χ2n) is 7.62. The number of hydrogen-bond donors (Lipinski definition) is 2. The third-order valence-corrected chi connectivity index (χ3v) is 5.30. The highest BCUT2D eigenvalue weighted by Crippen LogP contribution is 2.25. The van der Waals surface area contributed by atoms with Crippen molar-refractivity contribution in [1.82, 2.24) is 25.0 Å². The van der Waals surface area contributed by atoms with E-state index in [2.05, 4.69) is 33.2 Å². The first-order valence-corrected chi connectivity index (χ1v) is 9.64. The van der Waals surface area contributed by atoms with Gasteiger partial charge in [-0.25, -0.2) is 0 Å². The number of aromatic hydroxyl groups is 1. The monoisotopic (exact) mass is 379 g/mol. The third kappa shape index (κ3) is 3.99. The summed E-state index contributed by atoms with van der Waals surface area (Å²) >= 11 is 0. The summed E-state index contributed by atoms with van der Waals surface area (Å²) in [7, 11) is 2.11. The number of H-pyrrole nitrogens is 1. The quantitative estimate of drug-likeness (QED) is 0.712. The molecule has 7 nitrogen and oxygen atoms in total. The molecule has 0 saturated carbocycles. The van der Waals surface area contributed by atoms with Gasteiger partial charge < -0.3 is 14.9 Å². The van der Waals surface area contributed by atoms with Crippen LogP contribution in [0.4, 0.5) is 0 Å². The van der Waals surface area contributed by atoms with Crippen molar-refractivity contribution in [1.29, 1.82) is 0 Å². The summed E-state index contributed by atoms with van der Waals surface area (Å²) in [5.74, 6) is 0.492. The Labute approximate surface area is 164 Å². The summed E-state index contributed by atoms with van der Waals surface area (Å²) < 4.78 is 0. The Bertz CT molecular complexity index is 956. The molecule has 1 fully saturated rings. The molecule has 146 valence electrons. The highest BCUT2D eigenvalue weighted by atomic mass is 16.3. The van der Waals surface area contributed by atoms with Crippen LogP contribution in [0, 0.1) is 5.92 Å². The van der Waals surface area contributed by atoms with Crippen LogP contribution in [0.5, 0.6) is 5.75 Å². The standard InChI is InChI=1S/C21H25N5O2/c1-25(12-15-4-2-8-22-11-15)13-16-5-3-9-26(14-16)21(28)20-18-10-17(27)6-7-19(18)23-24-20/h2,4,6-8,10-11,16,27H,3,5,9,12-14H2,1H3,(H,23,24). The van der Waals surface area contributed by atoms with E-state index in [-0.39, 0.29) is 11.7 Å². The first kappa shape index (κ1) is 18.4. The molecular weight excluding hydrogens is 354 g/mol. The number of aromatic amines is 1. The molecule has 2 aromatic heterocycles. The van der Waals surface area contributed by atoms with Gasteiger partial charge >= 0.3 is 0 Å². The van der Waals surface area contributed by atoms with E-state index < -0.39 is 0 Å². The van der Waals surface area contributed by atoms with Crippen molar-refractivity contribution < 1.29 is 9.90 Å². The lowest BCUT2D eigenvalue weighted by atomic mass is 9.97. The lowest BCUT2D eigenvalue weighted by Crippen LogP contribution is -2.43. The molecule has 1 aliphatic heterocycles. The summed E-state index contributed by atoms with van der Waals surface area (Å²) in [5.41, 5.74) is 2.33. The highest BCUT2D eigenvalue weighted by molar-refractivity contribution is 6.05. The molecule has 0 spiro atoms. The van der Waals surface area contributed by atoms with Gasteiger partial charge in [0.25, 0.3) is 5.91 Å². The number of nitrogens with one attached hydrogen (secondary N) is 1. The summed E-state index contributed by atoms with van der Waals surface area (Å²) in [6.45, 7) is 3.25. The Morgan fingerprint density at radius 1 is 1.39 bits per heavy atom. The Morgan fingerprint density at radius 2 is 2.29 bits per heavy atom. The SMILES string of the molecule is CN(Cc1cccnc1)CC1CCCN(C(=O)c2n[nH]c3ccc(O)cc23)C1. The van der Waals surface area contributed by atoms with Gasteiger partial charge in [-0.3, -0.25) is 14.9 Å². The molecule has 0 aliphatic carbocycles. The summed E-state index contributed by atoms with van der Waals surface area (Å²) in [6, 6.07) is 8.95. The minimum atomic E-state index is -0.0727. The predicted octanol–water partition coefficient (Wildman–Crippen LogP) is 2.65.